The zero-order chi connectivity index (χ0) is 13.5. The van der Waals surface area contributed by atoms with E-state index in [1.54, 1.807) is 12.4 Å². The van der Waals surface area contributed by atoms with Crippen molar-refractivity contribution in [3.8, 4) is 0 Å². The lowest BCUT2D eigenvalue weighted by molar-refractivity contribution is -0.120. The minimum Gasteiger partial charge on any atom is -0.348 e. The number of hydrogen-bond donors (Lipinski definition) is 2. The number of pyridine rings is 1. The van der Waals surface area contributed by atoms with Gasteiger partial charge in [0.25, 0.3) is 0 Å². The van der Waals surface area contributed by atoms with Crippen LogP contribution >= 0.6 is 0 Å². The second kappa shape index (κ2) is 6.66. The zero-order valence-corrected chi connectivity index (χ0v) is 10.6. The molecule has 0 aliphatic carbocycles. The monoisotopic (exact) mass is 255 g/mol. The van der Waals surface area contributed by atoms with E-state index in [-0.39, 0.29) is 18.5 Å². The van der Waals surface area contributed by atoms with Crippen LogP contribution < -0.4 is 11.1 Å². The Morgan fingerprint density at radius 1 is 1.16 bits per heavy atom. The van der Waals surface area contributed by atoms with E-state index >= 15 is 0 Å². The number of carbonyl (C=O) groups is 1. The Balaban J connectivity index is 2.17. The molecule has 4 heteroatoms. The van der Waals surface area contributed by atoms with Crippen molar-refractivity contribution in [2.45, 2.75) is 12.5 Å². The molecule has 1 amide bonds. The molecule has 1 aromatic heterocycles. The van der Waals surface area contributed by atoms with E-state index in [2.05, 4.69) is 10.3 Å². The molecule has 0 aliphatic heterocycles. The van der Waals surface area contributed by atoms with Gasteiger partial charge in [-0.3, -0.25) is 9.78 Å². The first-order chi connectivity index (χ1) is 9.29. The number of hydrogen-bond acceptors (Lipinski definition) is 3. The Morgan fingerprint density at radius 2 is 1.84 bits per heavy atom. The van der Waals surface area contributed by atoms with Gasteiger partial charge in [-0.15, -0.1) is 0 Å². The highest BCUT2D eigenvalue weighted by atomic mass is 16.1. The van der Waals surface area contributed by atoms with Crippen molar-refractivity contribution >= 4 is 5.91 Å². The molecule has 1 unspecified atom stereocenters. The molecule has 0 spiro atoms. The van der Waals surface area contributed by atoms with E-state index in [9.17, 15) is 4.79 Å². The summed E-state index contributed by atoms with van der Waals surface area (Å²) in [5.41, 5.74) is 7.56. The largest absolute Gasteiger partial charge is 0.348 e. The van der Waals surface area contributed by atoms with Crippen LogP contribution in [0.2, 0.25) is 0 Å². The molecule has 0 bridgehead atoms. The number of nitrogens with zero attached hydrogens (tertiary/aromatic N) is 1. The van der Waals surface area contributed by atoms with E-state index in [0.29, 0.717) is 0 Å². The second-order valence-corrected chi connectivity index (χ2v) is 4.29. The Morgan fingerprint density at radius 3 is 2.47 bits per heavy atom. The number of nitrogens with two attached hydrogens (primary N) is 1. The first-order valence-electron chi connectivity index (χ1n) is 6.23. The molecule has 0 radical (unpaired) electrons. The van der Waals surface area contributed by atoms with Gasteiger partial charge in [-0.25, -0.2) is 0 Å². The standard InChI is InChI=1S/C15H17N3O/c16-11-15(19)18-14(13-6-8-17-9-7-13)10-12-4-2-1-3-5-12/h1-9,14H,10-11,16H2,(H,18,19). The summed E-state index contributed by atoms with van der Waals surface area (Å²) in [7, 11) is 0. The van der Waals surface area contributed by atoms with Gasteiger partial charge < -0.3 is 11.1 Å². The van der Waals surface area contributed by atoms with Crippen molar-refractivity contribution in [1.82, 2.24) is 10.3 Å². The molecule has 0 fully saturated rings. The lowest BCUT2D eigenvalue weighted by Crippen LogP contribution is -2.34. The maximum absolute atomic E-state index is 11.5. The molecule has 0 saturated heterocycles. The topological polar surface area (TPSA) is 68.0 Å². The number of amides is 1. The third-order valence-electron chi connectivity index (χ3n) is 2.91. The summed E-state index contributed by atoms with van der Waals surface area (Å²) >= 11 is 0. The highest BCUT2D eigenvalue weighted by Gasteiger charge is 2.14. The highest BCUT2D eigenvalue weighted by Crippen LogP contribution is 2.17. The van der Waals surface area contributed by atoms with Crippen molar-refractivity contribution in [2.75, 3.05) is 6.54 Å². The maximum atomic E-state index is 11.5. The molecule has 2 rings (SSSR count). The number of carbonyl (C=O) groups excluding carboxylic acids is 1. The molecule has 1 aromatic carbocycles. The molecular weight excluding hydrogens is 238 g/mol. The van der Waals surface area contributed by atoms with Crippen molar-refractivity contribution in [1.29, 1.82) is 0 Å². The second-order valence-electron chi connectivity index (χ2n) is 4.29. The summed E-state index contributed by atoms with van der Waals surface area (Å²) in [5.74, 6) is -0.155. The predicted molar refractivity (Wildman–Crippen MR) is 74.3 cm³/mol. The zero-order valence-electron chi connectivity index (χ0n) is 10.6. The predicted octanol–water partition coefficient (Wildman–Crippen LogP) is 1.44. The highest BCUT2D eigenvalue weighted by molar-refractivity contribution is 5.78. The molecule has 2 aromatic rings. The van der Waals surface area contributed by atoms with Crippen LogP contribution in [-0.2, 0) is 11.2 Å². The van der Waals surface area contributed by atoms with Crippen LogP contribution in [0, 0.1) is 0 Å². The fraction of sp³-hybridized carbons (Fsp3) is 0.200. The number of aromatic nitrogens is 1. The van der Waals surface area contributed by atoms with Crippen molar-refractivity contribution in [3.05, 3.63) is 66.0 Å². The summed E-state index contributed by atoms with van der Waals surface area (Å²) in [5, 5.41) is 2.94. The third-order valence-corrected chi connectivity index (χ3v) is 2.91. The van der Waals surface area contributed by atoms with Gasteiger partial charge in [0.05, 0.1) is 12.6 Å². The van der Waals surface area contributed by atoms with E-state index in [1.807, 2.05) is 42.5 Å². The molecular formula is C15H17N3O. The van der Waals surface area contributed by atoms with E-state index in [4.69, 9.17) is 5.73 Å². The summed E-state index contributed by atoms with van der Waals surface area (Å²) in [4.78, 5) is 15.5. The van der Waals surface area contributed by atoms with Gasteiger partial charge >= 0.3 is 0 Å². The minimum atomic E-state index is -0.155. The van der Waals surface area contributed by atoms with Crippen LogP contribution in [0.5, 0.6) is 0 Å². The van der Waals surface area contributed by atoms with Crippen molar-refractivity contribution in [2.24, 2.45) is 5.73 Å². The van der Waals surface area contributed by atoms with Gasteiger partial charge in [-0.05, 0) is 29.7 Å². The Labute approximate surface area is 112 Å². The molecule has 0 saturated carbocycles. The molecule has 1 heterocycles. The van der Waals surface area contributed by atoms with Gasteiger partial charge in [0.1, 0.15) is 0 Å². The number of rotatable bonds is 5. The van der Waals surface area contributed by atoms with Gasteiger partial charge in [-0.1, -0.05) is 30.3 Å². The SMILES string of the molecule is NCC(=O)NC(Cc1ccccc1)c1ccncc1. The molecule has 19 heavy (non-hydrogen) atoms. The lowest BCUT2D eigenvalue weighted by Gasteiger charge is -2.19. The first-order valence-corrected chi connectivity index (χ1v) is 6.23. The molecule has 4 nitrogen and oxygen atoms in total. The molecule has 1 atom stereocenters. The van der Waals surface area contributed by atoms with Crippen LogP contribution in [0.25, 0.3) is 0 Å². The smallest absolute Gasteiger partial charge is 0.234 e. The van der Waals surface area contributed by atoms with Gasteiger partial charge in [0.15, 0.2) is 0 Å². The van der Waals surface area contributed by atoms with Crippen LogP contribution in [0.1, 0.15) is 17.2 Å². The third kappa shape index (κ3) is 3.89. The van der Waals surface area contributed by atoms with Gasteiger partial charge in [0, 0.05) is 12.4 Å². The number of benzene rings is 1. The summed E-state index contributed by atoms with van der Waals surface area (Å²) in [6.45, 7) is -0.00360. The fourth-order valence-electron chi connectivity index (χ4n) is 1.95. The van der Waals surface area contributed by atoms with Gasteiger partial charge in [-0.2, -0.15) is 0 Å². The number of nitrogens with one attached hydrogen (secondary N) is 1. The van der Waals surface area contributed by atoms with Crippen LogP contribution in [0.15, 0.2) is 54.9 Å². The van der Waals surface area contributed by atoms with Crippen molar-refractivity contribution < 1.29 is 4.79 Å². The molecule has 98 valence electrons. The minimum absolute atomic E-state index is 0.00360. The summed E-state index contributed by atoms with van der Waals surface area (Å²) in [6, 6.07) is 13.8. The average Bonchev–Trinajstić information content (AvgIpc) is 2.48. The average molecular weight is 255 g/mol. The quantitative estimate of drug-likeness (QED) is 0.849. The Kier molecular flexibility index (Phi) is 4.64. The molecule has 0 aliphatic rings. The van der Waals surface area contributed by atoms with Crippen molar-refractivity contribution in [3.63, 3.8) is 0 Å². The lowest BCUT2D eigenvalue weighted by atomic mass is 10.00. The van der Waals surface area contributed by atoms with E-state index < -0.39 is 0 Å². The fourth-order valence-corrected chi connectivity index (χ4v) is 1.95. The Hall–Kier alpha value is -2.20. The van der Waals surface area contributed by atoms with Crippen LogP contribution in [0.3, 0.4) is 0 Å². The van der Waals surface area contributed by atoms with Crippen LogP contribution in [0.4, 0.5) is 0 Å². The molecule has 3 N–H and O–H groups in total. The first kappa shape index (κ1) is 13.2. The van der Waals surface area contributed by atoms with Crippen LogP contribution in [-0.4, -0.2) is 17.4 Å². The van der Waals surface area contributed by atoms with E-state index in [0.717, 1.165) is 12.0 Å². The normalized spacial score (nSPS) is 11.8. The Bertz CT molecular complexity index is 513. The van der Waals surface area contributed by atoms with Gasteiger partial charge in [0.2, 0.25) is 5.91 Å². The summed E-state index contributed by atoms with van der Waals surface area (Å²) in [6.07, 6.45) is 4.18. The van der Waals surface area contributed by atoms with E-state index in [1.165, 1.54) is 5.56 Å². The maximum Gasteiger partial charge on any atom is 0.234 e. The summed E-state index contributed by atoms with van der Waals surface area (Å²) < 4.78 is 0.